The van der Waals surface area contributed by atoms with Gasteiger partial charge in [-0.25, -0.2) is 0 Å². The maximum Gasteiger partial charge on any atom is 0.225 e. The maximum absolute atomic E-state index is 12.3. The molecule has 0 aliphatic heterocycles. The van der Waals surface area contributed by atoms with Gasteiger partial charge in [-0.1, -0.05) is 13.8 Å². The van der Waals surface area contributed by atoms with Crippen molar-refractivity contribution in [3.8, 4) is 0 Å². The van der Waals surface area contributed by atoms with Crippen molar-refractivity contribution >= 4 is 5.91 Å². The lowest BCUT2D eigenvalue weighted by molar-refractivity contribution is -0.136. The number of methoxy groups -OCH3 is 1. The molecule has 4 heteroatoms. The predicted octanol–water partition coefficient (Wildman–Crippen LogP) is 1.24. The number of carbonyl (C=O) groups is 1. The highest BCUT2D eigenvalue weighted by Crippen LogP contribution is 2.26. The van der Waals surface area contributed by atoms with E-state index in [-0.39, 0.29) is 17.9 Å². The molecule has 0 bridgehead atoms. The number of hydrogen-bond acceptors (Lipinski definition) is 3. The molecule has 0 spiro atoms. The first kappa shape index (κ1) is 14.5. The maximum atomic E-state index is 12.3. The molecule has 0 saturated heterocycles. The molecule has 2 atom stereocenters. The van der Waals surface area contributed by atoms with E-state index in [1.807, 2.05) is 4.90 Å². The topological polar surface area (TPSA) is 55.6 Å². The Labute approximate surface area is 104 Å². The van der Waals surface area contributed by atoms with E-state index in [0.29, 0.717) is 19.1 Å². The Morgan fingerprint density at radius 2 is 2.18 bits per heavy atom. The Morgan fingerprint density at radius 1 is 1.47 bits per heavy atom. The summed E-state index contributed by atoms with van der Waals surface area (Å²) in [5.74, 6) is 0.898. The first-order valence-electron chi connectivity index (χ1n) is 6.58. The van der Waals surface area contributed by atoms with Crippen LogP contribution in [0.3, 0.4) is 0 Å². The van der Waals surface area contributed by atoms with E-state index in [1.165, 1.54) is 0 Å². The highest BCUT2D eigenvalue weighted by Gasteiger charge is 2.30. The fraction of sp³-hybridized carbons (Fsp3) is 0.923. The zero-order chi connectivity index (χ0) is 12.8. The van der Waals surface area contributed by atoms with E-state index >= 15 is 0 Å². The highest BCUT2D eigenvalue weighted by atomic mass is 16.5. The van der Waals surface area contributed by atoms with E-state index < -0.39 is 0 Å². The number of rotatable bonds is 6. The standard InChI is InChI=1S/C13H26N2O2/c1-10(2)9-15(6-7-17-3)13(16)11-4-5-12(14)8-11/h10-12H,4-9,14H2,1-3H3/t11-,12+/m1/s1. The minimum atomic E-state index is 0.139. The summed E-state index contributed by atoms with van der Waals surface area (Å²) in [5.41, 5.74) is 5.87. The van der Waals surface area contributed by atoms with Crippen LogP contribution in [-0.2, 0) is 9.53 Å². The molecular weight excluding hydrogens is 216 g/mol. The SMILES string of the molecule is COCCN(CC(C)C)C(=O)[C@@H]1CC[C@H](N)C1. The molecule has 100 valence electrons. The van der Waals surface area contributed by atoms with Gasteiger partial charge >= 0.3 is 0 Å². The summed E-state index contributed by atoms with van der Waals surface area (Å²) in [4.78, 5) is 14.3. The van der Waals surface area contributed by atoms with Crippen LogP contribution in [-0.4, -0.2) is 43.7 Å². The Bertz CT molecular complexity index is 244. The van der Waals surface area contributed by atoms with Gasteiger partial charge in [0.25, 0.3) is 0 Å². The van der Waals surface area contributed by atoms with Crippen molar-refractivity contribution in [3.63, 3.8) is 0 Å². The fourth-order valence-electron chi connectivity index (χ4n) is 2.43. The lowest BCUT2D eigenvalue weighted by atomic mass is 10.1. The van der Waals surface area contributed by atoms with E-state index in [1.54, 1.807) is 7.11 Å². The van der Waals surface area contributed by atoms with Crippen LogP contribution in [0.5, 0.6) is 0 Å². The molecule has 0 unspecified atom stereocenters. The monoisotopic (exact) mass is 242 g/mol. The van der Waals surface area contributed by atoms with Crippen LogP contribution in [0.2, 0.25) is 0 Å². The lowest BCUT2D eigenvalue weighted by Crippen LogP contribution is -2.40. The van der Waals surface area contributed by atoms with Gasteiger partial charge in [0.15, 0.2) is 0 Å². The third-order valence-electron chi connectivity index (χ3n) is 3.28. The second kappa shape index (κ2) is 6.97. The van der Waals surface area contributed by atoms with Gasteiger partial charge in [0, 0.05) is 32.2 Å². The molecule has 0 aromatic carbocycles. The normalized spacial score (nSPS) is 24.3. The molecule has 4 nitrogen and oxygen atoms in total. The molecule has 17 heavy (non-hydrogen) atoms. The van der Waals surface area contributed by atoms with Crippen molar-refractivity contribution in [3.05, 3.63) is 0 Å². The second-order valence-corrected chi connectivity index (χ2v) is 5.44. The molecular formula is C13H26N2O2. The average Bonchev–Trinajstić information content (AvgIpc) is 2.69. The van der Waals surface area contributed by atoms with Crippen LogP contribution in [0.4, 0.5) is 0 Å². The summed E-state index contributed by atoms with van der Waals surface area (Å²) in [7, 11) is 1.67. The highest BCUT2D eigenvalue weighted by molar-refractivity contribution is 5.79. The molecule has 1 amide bonds. The summed E-state index contributed by atoms with van der Waals surface area (Å²) in [5, 5.41) is 0. The smallest absolute Gasteiger partial charge is 0.225 e. The summed E-state index contributed by atoms with van der Waals surface area (Å²) < 4.78 is 5.07. The molecule has 0 aromatic rings. The van der Waals surface area contributed by atoms with E-state index in [0.717, 1.165) is 25.8 Å². The summed E-state index contributed by atoms with van der Waals surface area (Å²) >= 11 is 0. The predicted molar refractivity (Wildman–Crippen MR) is 68.6 cm³/mol. The van der Waals surface area contributed by atoms with Crippen LogP contribution in [0.25, 0.3) is 0 Å². The zero-order valence-electron chi connectivity index (χ0n) is 11.3. The molecule has 1 fully saturated rings. The molecule has 1 aliphatic carbocycles. The van der Waals surface area contributed by atoms with Gasteiger partial charge in [0.05, 0.1) is 6.61 Å². The Balaban J connectivity index is 2.52. The van der Waals surface area contributed by atoms with E-state index in [4.69, 9.17) is 10.5 Å². The van der Waals surface area contributed by atoms with Gasteiger partial charge in [-0.2, -0.15) is 0 Å². The van der Waals surface area contributed by atoms with Gasteiger partial charge < -0.3 is 15.4 Å². The summed E-state index contributed by atoms with van der Waals surface area (Å²) in [6.07, 6.45) is 2.78. The molecule has 1 rings (SSSR count). The zero-order valence-corrected chi connectivity index (χ0v) is 11.3. The van der Waals surface area contributed by atoms with E-state index in [9.17, 15) is 4.79 Å². The Hall–Kier alpha value is -0.610. The number of amides is 1. The third kappa shape index (κ3) is 4.64. The minimum absolute atomic E-state index is 0.139. The lowest BCUT2D eigenvalue weighted by Gasteiger charge is -2.27. The molecule has 1 saturated carbocycles. The number of hydrogen-bond donors (Lipinski definition) is 1. The van der Waals surface area contributed by atoms with Crippen LogP contribution in [0.15, 0.2) is 0 Å². The van der Waals surface area contributed by atoms with Crippen molar-refractivity contribution < 1.29 is 9.53 Å². The number of nitrogens with two attached hydrogens (primary N) is 1. The quantitative estimate of drug-likeness (QED) is 0.762. The van der Waals surface area contributed by atoms with Crippen LogP contribution in [0, 0.1) is 11.8 Å². The third-order valence-corrected chi connectivity index (χ3v) is 3.28. The Morgan fingerprint density at radius 3 is 2.65 bits per heavy atom. The van der Waals surface area contributed by atoms with Crippen molar-refractivity contribution in [2.24, 2.45) is 17.6 Å². The number of ether oxygens (including phenoxy) is 1. The van der Waals surface area contributed by atoms with Crippen molar-refractivity contribution in [1.82, 2.24) is 4.90 Å². The summed E-state index contributed by atoms with van der Waals surface area (Å²) in [6.45, 7) is 6.38. The summed E-state index contributed by atoms with van der Waals surface area (Å²) in [6, 6.07) is 0.215. The second-order valence-electron chi connectivity index (χ2n) is 5.44. The molecule has 0 radical (unpaired) electrons. The number of carbonyl (C=O) groups excluding carboxylic acids is 1. The van der Waals surface area contributed by atoms with Crippen LogP contribution < -0.4 is 5.73 Å². The van der Waals surface area contributed by atoms with Gasteiger partial charge in [0.1, 0.15) is 0 Å². The largest absolute Gasteiger partial charge is 0.383 e. The average molecular weight is 242 g/mol. The van der Waals surface area contributed by atoms with Crippen LogP contribution >= 0.6 is 0 Å². The first-order valence-corrected chi connectivity index (χ1v) is 6.58. The molecule has 0 aromatic heterocycles. The van der Waals surface area contributed by atoms with Gasteiger partial charge in [-0.3, -0.25) is 4.79 Å². The van der Waals surface area contributed by atoms with Crippen molar-refractivity contribution in [1.29, 1.82) is 0 Å². The van der Waals surface area contributed by atoms with Gasteiger partial charge in [-0.15, -0.1) is 0 Å². The van der Waals surface area contributed by atoms with Crippen molar-refractivity contribution in [2.45, 2.75) is 39.2 Å². The fourth-order valence-corrected chi connectivity index (χ4v) is 2.43. The number of nitrogens with zero attached hydrogens (tertiary/aromatic N) is 1. The van der Waals surface area contributed by atoms with Gasteiger partial charge in [0.2, 0.25) is 5.91 Å². The molecule has 2 N–H and O–H groups in total. The Kier molecular flexibility index (Phi) is 5.92. The first-order chi connectivity index (χ1) is 8.04. The van der Waals surface area contributed by atoms with Crippen molar-refractivity contribution in [2.75, 3.05) is 26.8 Å². The molecule has 0 heterocycles. The van der Waals surface area contributed by atoms with Crippen LogP contribution in [0.1, 0.15) is 33.1 Å². The minimum Gasteiger partial charge on any atom is -0.383 e. The van der Waals surface area contributed by atoms with Gasteiger partial charge in [-0.05, 0) is 25.2 Å². The van der Waals surface area contributed by atoms with E-state index in [2.05, 4.69) is 13.8 Å². The molecule has 1 aliphatic rings.